The first-order chi connectivity index (χ1) is 14.2. The lowest BCUT2D eigenvalue weighted by atomic mass is 9.98. The zero-order chi connectivity index (χ0) is 21.8. The minimum Gasteiger partial charge on any atom is -0.490 e. The Morgan fingerprint density at radius 3 is 2.67 bits per heavy atom. The predicted molar refractivity (Wildman–Crippen MR) is 112 cm³/mol. The van der Waals surface area contributed by atoms with E-state index in [1.165, 1.54) is 11.0 Å². The number of imide groups is 1. The van der Waals surface area contributed by atoms with E-state index in [4.69, 9.17) is 4.74 Å². The summed E-state index contributed by atoms with van der Waals surface area (Å²) in [6.07, 6.45) is 6.57. The minimum absolute atomic E-state index is 0.0405. The topological polar surface area (TPSA) is 82.7 Å². The van der Waals surface area contributed by atoms with Crippen molar-refractivity contribution in [3.63, 3.8) is 0 Å². The number of hydrogen-bond acceptors (Lipinski definition) is 5. The number of hydrogen-bond donors (Lipinski definition) is 3. The van der Waals surface area contributed by atoms with Crippen molar-refractivity contribution in [1.29, 1.82) is 0 Å². The van der Waals surface area contributed by atoms with Crippen LogP contribution in [0.5, 0.6) is 5.75 Å². The highest BCUT2D eigenvalue weighted by Crippen LogP contribution is 2.46. The number of carbonyl (C=O) groups is 2. The number of benzene rings is 1. The minimum atomic E-state index is -0.342. The molecular formula is C22H31FN4O3. The number of ether oxygens (including phenoxy) is 1. The first kappa shape index (κ1) is 22.2. The average molecular weight is 419 g/mol. The molecule has 1 saturated carbocycles. The number of urea groups is 1. The molecule has 30 heavy (non-hydrogen) atoms. The van der Waals surface area contributed by atoms with Gasteiger partial charge < -0.3 is 9.64 Å². The van der Waals surface area contributed by atoms with Gasteiger partial charge in [-0.2, -0.15) is 0 Å². The summed E-state index contributed by atoms with van der Waals surface area (Å²) in [5, 5.41) is 2.25. The van der Waals surface area contributed by atoms with Crippen molar-refractivity contribution in [2.24, 2.45) is 5.41 Å². The Morgan fingerprint density at radius 1 is 1.27 bits per heavy atom. The van der Waals surface area contributed by atoms with Crippen molar-refractivity contribution in [3.05, 3.63) is 41.7 Å². The van der Waals surface area contributed by atoms with Crippen molar-refractivity contribution < 1.29 is 18.7 Å². The van der Waals surface area contributed by atoms with Crippen molar-refractivity contribution in [2.75, 3.05) is 26.2 Å². The van der Waals surface area contributed by atoms with Crippen molar-refractivity contribution >= 4 is 11.9 Å². The molecule has 0 atom stereocenters. The molecular weight excluding hydrogens is 387 g/mol. The lowest BCUT2D eigenvalue weighted by Gasteiger charge is -2.22. The number of hydrazine groups is 1. The Labute approximate surface area is 177 Å². The number of nitrogens with zero attached hydrogens (tertiary/aromatic N) is 1. The van der Waals surface area contributed by atoms with Gasteiger partial charge in [0.05, 0.1) is 12.1 Å². The molecule has 3 N–H and O–H groups in total. The van der Waals surface area contributed by atoms with E-state index in [9.17, 15) is 14.0 Å². The molecule has 0 radical (unpaired) electrons. The van der Waals surface area contributed by atoms with Crippen LogP contribution < -0.4 is 20.9 Å². The second-order valence-electron chi connectivity index (χ2n) is 9.12. The molecule has 164 valence electrons. The second kappa shape index (κ2) is 9.14. The quantitative estimate of drug-likeness (QED) is 0.236. The summed E-state index contributed by atoms with van der Waals surface area (Å²) in [4.78, 5) is 24.0. The number of halogens is 1. The second-order valence-corrected chi connectivity index (χ2v) is 9.12. The number of carbonyl (C=O) groups excluding carboxylic acids is 2. The lowest BCUT2D eigenvalue weighted by Crippen LogP contribution is -2.41. The van der Waals surface area contributed by atoms with Crippen molar-refractivity contribution in [3.8, 4) is 5.75 Å². The number of amides is 3. The maximum atomic E-state index is 14.1. The molecule has 1 aromatic carbocycles. The van der Waals surface area contributed by atoms with Crippen LogP contribution in [0.2, 0.25) is 0 Å². The number of nitrogens with one attached hydrogen (secondary N) is 3. The molecule has 1 aliphatic heterocycles. The molecule has 1 heterocycles. The summed E-state index contributed by atoms with van der Waals surface area (Å²) >= 11 is 0. The fourth-order valence-electron chi connectivity index (χ4n) is 3.15. The van der Waals surface area contributed by atoms with E-state index < -0.39 is 0 Å². The van der Waals surface area contributed by atoms with Crippen LogP contribution in [0.25, 0.3) is 0 Å². The zero-order valence-corrected chi connectivity index (χ0v) is 17.9. The SMILES string of the molecule is CC(C)(C)COc1cc(C2(NNCC/C=C/CN3CC(=O)NC3=O)CC2)ccc1F. The third kappa shape index (κ3) is 6.03. The maximum absolute atomic E-state index is 14.1. The molecule has 3 rings (SSSR count). The van der Waals surface area contributed by atoms with Crippen LogP contribution in [0.15, 0.2) is 30.4 Å². The predicted octanol–water partition coefficient (Wildman–Crippen LogP) is 2.83. The van der Waals surface area contributed by atoms with E-state index in [0.717, 1.165) is 24.8 Å². The van der Waals surface area contributed by atoms with Gasteiger partial charge in [0.2, 0.25) is 5.91 Å². The standard InChI is InChI=1S/C22H31FN4O3/c1-21(2,3)15-30-18-13-16(7-8-17(18)23)22(9-10-22)26-24-11-5-4-6-12-27-14-19(28)25-20(27)29/h4,6-8,13,24,26H,5,9-12,14-15H2,1-3H3,(H,25,28,29)/b6-4+. The third-order valence-electron chi connectivity index (χ3n) is 5.02. The molecule has 3 amide bonds. The van der Waals surface area contributed by atoms with Gasteiger partial charge in [-0.3, -0.25) is 15.5 Å². The molecule has 1 aromatic rings. The molecule has 0 bridgehead atoms. The summed E-state index contributed by atoms with van der Waals surface area (Å²) in [5.74, 6) is -0.310. The first-order valence-electron chi connectivity index (χ1n) is 10.4. The molecule has 0 unspecified atom stereocenters. The fourth-order valence-corrected chi connectivity index (χ4v) is 3.15. The van der Waals surface area contributed by atoms with Gasteiger partial charge in [0.25, 0.3) is 0 Å². The van der Waals surface area contributed by atoms with Crippen LogP contribution in [-0.4, -0.2) is 43.1 Å². The van der Waals surface area contributed by atoms with Crippen molar-refractivity contribution in [2.45, 2.75) is 45.6 Å². The van der Waals surface area contributed by atoms with Gasteiger partial charge in [0, 0.05) is 13.1 Å². The third-order valence-corrected chi connectivity index (χ3v) is 5.02. The monoisotopic (exact) mass is 418 g/mol. The van der Waals surface area contributed by atoms with E-state index in [1.54, 1.807) is 6.07 Å². The molecule has 1 aliphatic carbocycles. The Hall–Kier alpha value is -2.45. The number of rotatable bonds is 10. The van der Waals surface area contributed by atoms with Crippen LogP contribution in [-0.2, 0) is 10.3 Å². The highest BCUT2D eigenvalue weighted by molar-refractivity contribution is 6.01. The average Bonchev–Trinajstić information content (AvgIpc) is 3.38. The zero-order valence-electron chi connectivity index (χ0n) is 17.9. The Kier molecular flexibility index (Phi) is 6.77. The van der Waals surface area contributed by atoms with Gasteiger partial charge >= 0.3 is 6.03 Å². The maximum Gasteiger partial charge on any atom is 0.324 e. The van der Waals surface area contributed by atoms with Gasteiger partial charge in [-0.05, 0) is 42.4 Å². The Bertz CT molecular complexity index is 815. The summed E-state index contributed by atoms with van der Waals surface area (Å²) in [5.41, 5.74) is 7.39. The summed E-state index contributed by atoms with van der Waals surface area (Å²) in [6, 6.07) is 4.73. The molecule has 0 aromatic heterocycles. The molecule has 2 fully saturated rings. The van der Waals surface area contributed by atoms with Crippen LogP contribution in [0.4, 0.5) is 9.18 Å². The van der Waals surface area contributed by atoms with Gasteiger partial charge in [-0.1, -0.05) is 39.0 Å². The molecule has 0 spiro atoms. The highest BCUT2D eigenvalue weighted by atomic mass is 19.1. The molecule has 8 heteroatoms. The molecule has 1 saturated heterocycles. The largest absolute Gasteiger partial charge is 0.490 e. The Balaban J connectivity index is 1.43. The van der Waals surface area contributed by atoms with Gasteiger partial charge in [-0.15, -0.1) is 0 Å². The van der Waals surface area contributed by atoms with Crippen LogP contribution in [0.3, 0.4) is 0 Å². The summed E-state index contributed by atoms with van der Waals surface area (Å²) < 4.78 is 19.8. The van der Waals surface area contributed by atoms with Crippen LogP contribution in [0.1, 0.15) is 45.6 Å². The first-order valence-corrected chi connectivity index (χ1v) is 10.4. The van der Waals surface area contributed by atoms with E-state index in [-0.39, 0.29) is 35.3 Å². The van der Waals surface area contributed by atoms with Gasteiger partial charge in [0.1, 0.15) is 6.54 Å². The molecule has 2 aliphatic rings. The highest BCUT2D eigenvalue weighted by Gasteiger charge is 2.44. The van der Waals surface area contributed by atoms with Gasteiger partial charge in [-0.25, -0.2) is 14.6 Å². The van der Waals surface area contributed by atoms with Crippen molar-refractivity contribution in [1.82, 2.24) is 21.1 Å². The van der Waals surface area contributed by atoms with E-state index in [0.29, 0.717) is 25.4 Å². The van der Waals surface area contributed by atoms with E-state index in [2.05, 4.69) is 36.9 Å². The van der Waals surface area contributed by atoms with Gasteiger partial charge in [0.15, 0.2) is 11.6 Å². The normalized spacial score (nSPS) is 18.2. The summed E-state index contributed by atoms with van der Waals surface area (Å²) in [7, 11) is 0. The lowest BCUT2D eigenvalue weighted by molar-refractivity contribution is -0.118. The van der Waals surface area contributed by atoms with Crippen LogP contribution >= 0.6 is 0 Å². The van der Waals surface area contributed by atoms with E-state index in [1.807, 2.05) is 18.2 Å². The Morgan fingerprint density at radius 2 is 2.03 bits per heavy atom. The fraction of sp³-hybridized carbons (Fsp3) is 0.545. The van der Waals surface area contributed by atoms with E-state index >= 15 is 0 Å². The molecule has 7 nitrogen and oxygen atoms in total. The summed E-state index contributed by atoms with van der Waals surface area (Å²) in [6.45, 7) is 7.85. The van der Waals surface area contributed by atoms with Crippen LogP contribution in [0, 0.1) is 11.2 Å². The smallest absolute Gasteiger partial charge is 0.324 e.